The van der Waals surface area contributed by atoms with E-state index in [1.54, 1.807) is 6.33 Å². The lowest BCUT2D eigenvalue weighted by Gasteiger charge is -2.36. The molecule has 2 heterocycles. The average molecular weight is 258 g/mol. The summed E-state index contributed by atoms with van der Waals surface area (Å²) >= 11 is 0. The van der Waals surface area contributed by atoms with Crippen molar-refractivity contribution in [2.45, 2.75) is 25.4 Å². The number of nitrogens with one attached hydrogen (secondary N) is 1. The van der Waals surface area contributed by atoms with Crippen molar-refractivity contribution in [2.24, 2.45) is 7.05 Å². The second-order valence-electron chi connectivity index (χ2n) is 5.14. The number of fused-ring (bicyclic) bond motifs is 1. The monoisotopic (exact) mass is 258 g/mol. The number of hydrogen-bond acceptors (Lipinski definition) is 4. The highest BCUT2D eigenvalue weighted by Gasteiger charge is 2.32. The lowest BCUT2D eigenvalue weighted by Crippen LogP contribution is -2.43. The van der Waals surface area contributed by atoms with E-state index >= 15 is 0 Å². The van der Waals surface area contributed by atoms with Crippen molar-refractivity contribution < 1.29 is 4.74 Å². The van der Waals surface area contributed by atoms with E-state index in [1.807, 2.05) is 23.7 Å². The fraction of sp³-hybridized carbons (Fsp3) is 0.429. The highest BCUT2D eigenvalue weighted by molar-refractivity contribution is 5.40. The fourth-order valence-electron chi connectivity index (χ4n) is 2.47. The van der Waals surface area contributed by atoms with Crippen molar-refractivity contribution in [1.82, 2.24) is 20.1 Å². The SMILES string of the molecule is Cn1cnnc1CNC1(C)CCOc2ccccc21. The van der Waals surface area contributed by atoms with Gasteiger partial charge in [0, 0.05) is 24.6 Å². The summed E-state index contributed by atoms with van der Waals surface area (Å²) in [5, 5.41) is 11.6. The van der Waals surface area contributed by atoms with Crippen LogP contribution in [0.15, 0.2) is 30.6 Å². The predicted molar refractivity (Wildman–Crippen MR) is 71.7 cm³/mol. The lowest BCUT2D eigenvalue weighted by atomic mass is 9.86. The Labute approximate surface area is 112 Å². The van der Waals surface area contributed by atoms with Crippen LogP contribution in [0.4, 0.5) is 0 Å². The van der Waals surface area contributed by atoms with Crippen LogP contribution < -0.4 is 10.1 Å². The molecular weight excluding hydrogens is 240 g/mol. The summed E-state index contributed by atoms with van der Waals surface area (Å²) in [6.45, 7) is 3.64. The van der Waals surface area contributed by atoms with Gasteiger partial charge in [-0.15, -0.1) is 10.2 Å². The van der Waals surface area contributed by atoms with Crippen molar-refractivity contribution in [3.8, 4) is 5.75 Å². The molecule has 1 atom stereocenters. The van der Waals surface area contributed by atoms with Crippen LogP contribution in [0.3, 0.4) is 0 Å². The molecule has 1 aromatic heterocycles. The van der Waals surface area contributed by atoms with Crippen LogP contribution in [0.1, 0.15) is 24.7 Å². The molecule has 0 saturated carbocycles. The van der Waals surface area contributed by atoms with Gasteiger partial charge in [-0.3, -0.25) is 0 Å². The molecule has 1 aromatic carbocycles. The first-order valence-electron chi connectivity index (χ1n) is 6.49. The van der Waals surface area contributed by atoms with Crippen molar-refractivity contribution in [1.29, 1.82) is 0 Å². The van der Waals surface area contributed by atoms with Gasteiger partial charge in [0.1, 0.15) is 17.9 Å². The Bertz CT molecular complexity index is 580. The van der Waals surface area contributed by atoms with E-state index in [0.29, 0.717) is 6.54 Å². The number of ether oxygens (including phenoxy) is 1. The molecule has 0 fully saturated rings. The lowest BCUT2D eigenvalue weighted by molar-refractivity contribution is 0.194. The topological polar surface area (TPSA) is 52.0 Å². The molecule has 0 bridgehead atoms. The van der Waals surface area contributed by atoms with E-state index in [9.17, 15) is 0 Å². The van der Waals surface area contributed by atoms with Crippen molar-refractivity contribution in [3.05, 3.63) is 42.0 Å². The maximum Gasteiger partial charge on any atom is 0.146 e. The fourth-order valence-corrected chi connectivity index (χ4v) is 2.47. The molecule has 0 aliphatic carbocycles. The summed E-state index contributed by atoms with van der Waals surface area (Å²) < 4.78 is 7.64. The van der Waals surface area contributed by atoms with Gasteiger partial charge >= 0.3 is 0 Å². The maximum absolute atomic E-state index is 5.71. The van der Waals surface area contributed by atoms with Crippen LogP contribution in [0.2, 0.25) is 0 Å². The summed E-state index contributed by atoms with van der Waals surface area (Å²) in [6, 6.07) is 8.21. The number of para-hydroxylation sites is 1. The molecule has 19 heavy (non-hydrogen) atoms. The molecule has 100 valence electrons. The van der Waals surface area contributed by atoms with E-state index in [1.165, 1.54) is 5.56 Å². The van der Waals surface area contributed by atoms with Gasteiger partial charge < -0.3 is 14.6 Å². The Kier molecular flexibility index (Phi) is 2.98. The first-order valence-corrected chi connectivity index (χ1v) is 6.49. The van der Waals surface area contributed by atoms with E-state index in [2.05, 4.69) is 34.6 Å². The Hall–Kier alpha value is -1.88. The van der Waals surface area contributed by atoms with Crippen molar-refractivity contribution in [2.75, 3.05) is 6.61 Å². The summed E-state index contributed by atoms with van der Waals surface area (Å²) in [7, 11) is 1.96. The Balaban J connectivity index is 1.82. The molecule has 0 radical (unpaired) electrons. The highest BCUT2D eigenvalue weighted by atomic mass is 16.5. The third-order valence-electron chi connectivity index (χ3n) is 3.78. The second kappa shape index (κ2) is 4.66. The quantitative estimate of drug-likeness (QED) is 0.908. The van der Waals surface area contributed by atoms with Gasteiger partial charge in [-0.1, -0.05) is 18.2 Å². The molecule has 5 nitrogen and oxygen atoms in total. The number of rotatable bonds is 3. The minimum atomic E-state index is -0.0825. The molecular formula is C14H18N4O. The number of benzene rings is 1. The van der Waals surface area contributed by atoms with Crippen molar-refractivity contribution in [3.63, 3.8) is 0 Å². The summed E-state index contributed by atoms with van der Waals surface area (Å²) in [5.74, 6) is 1.91. The Morgan fingerprint density at radius 1 is 1.42 bits per heavy atom. The number of aromatic nitrogens is 3. The summed E-state index contributed by atoms with van der Waals surface area (Å²) in [6.07, 6.45) is 2.67. The summed E-state index contributed by atoms with van der Waals surface area (Å²) in [5.41, 5.74) is 1.13. The zero-order valence-corrected chi connectivity index (χ0v) is 11.3. The molecule has 3 rings (SSSR count). The van der Waals surface area contributed by atoms with Gasteiger partial charge in [0.15, 0.2) is 0 Å². The second-order valence-corrected chi connectivity index (χ2v) is 5.14. The molecule has 1 unspecified atom stereocenters. The van der Waals surface area contributed by atoms with Gasteiger partial charge in [0.25, 0.3) is 0 Å². The van der Waals surface area contributed by atoms with E-state index in [-0.39, 0.29) is 5.54 Å². The van der Waals surface area contributed by atoms with E-state index in [0.717, 1.165) is 24.6 Å². The zero-order chi connectivity index (χ0) is 13.3. The Morgan fingerprint density at radius 3 is 3.05 bits per heavy atom. The maximum atomic E-state index is 5.71. The highest BCUT2D eigenvalue weighted by Crippen LogP contribution is 2.36. The van der Waals surface area contributed by atoms with Gasteiger partial charge in [-0.05, 0) is 13.0 Å². The minimum Gasteiger partial charge on any atom is -0.493 e. The van der Waals surface area contributed by atoms with Crippen LogP contribution in [-0.4, -0.2) is 21.4 Å². The first-order chi connectivity index (χ1) is 9.19. The summed E-state index contributed by atoms with van der Waals surface area (Å²) in [4.78, 5) is 0. The minimum absolute atomic E-state index is 0.0825. The number of aryl methyl sites for hydroxylation is 1. The molecule has 0 saturated heterocycles. The first kappa shape index (κ1) is 12.2. The van der Waals surface area contributed by atoms with Gasteiger partial charge in [0.2, 0.25) is 0 Å². The molecule has 5 heteroatoms. The predicted octanol–water partition coefficient (Wildman–Crippen LogP) is 1.60. The van der Waals surface area contributed by atoms with Crippen LogP contribution in [-0.2, 0) is 19.1 Å². The zero-order valence-electron chi connectivity index (χ0n) is 11.3. The Morgan fingerprint density at radius 2 is 2.26 bits per heavy atom. The smallest absolute Gasteiger partial charge is 0.146 e. The third-order valence-corrected chi connectivity index (χ3v) is 3.78. The van der Waals surface area contributed by atoms with Gasteiger partial charge in [-0.2, -0.15) is 0 Å². The number of nitrogens with zero attached hydrogens (tertiary/aromatic N) is 3. The van der Waals surface area contributed by atoms with Gasteiger partial charge in [0.05, 0.1) is 13.2 Å². The number of hydrogen-bond donors (Lipinski definition) is 1. The molecule has 1 N–H and O–H groups in total. The van der Waals surface area contributed by atoms with E-state index < -0.39 is 0 Å². The molecule has 0 spiro atoms. The van der Waals surface area contributed by atoms with Crippen LogP contribution >= 0.6 is 0 Å². The molecule has 1 aliphatic rings. The van der Waals surface area contributed by atoms with Crippen LogP contribution in [0.25, 0.3) is 0 Å². The third kappa shape index (κ3) is 2.21. The molecule has 0 amide bonds. The van der Waals surface area contributed by atoms with Crippen LogP contribution in [0.5, 0.6) is 5.75 Å². The standard InChI is InChI=1S/C14H18N4O/c1-14(15-9-13-17-16-10-18(13)2)7-8-19-12-6-4-3-5-11(12)14/h3-6,10,15H,7-9H2,1-2H3. The normalized spacial score (nSPS) is 21.8. The van der Waals surface area contributed by atoms with Crippen molar-refractivity contribution >= 4 is 0 Å². The van der Waals surface area contributed by atoms with Crippen LogP contribution in [0, 0.1) is 0 Å². The largest absolute Gasteiger partial charge is 0.493 e. The molecule has 2 aromatic rings. The van der Waals surface area contributed by atoms with E-state index in [4.69, 9.17) is 4.74 Å². The van der Waals surface area contributed by atoms with Gasteiger partial charge in [-0.25, -0.2) is 0 Å². The average Bonchev–Trinajstić information content (AvgIpc) is 2.83. The molecule has 1 aliphatic heterocycles.